The van der Waals surface area contributed by atoms with E-state index in [1.165, 1.54) is 11.3 Å². The van der Waals surface area contributed by atoms with Gasteiger partial charge in [0.05, 0.1) is 5.56 Å². The fraction of sp³-hybridized carbons (Fsp3) is 0.538. The quantitative estimate of drug-likeness (QED) is 0.891. The highest BCUT2D eigenvalue weighted by Crippen LogP contribution is 2.33. The van der Waals surface area contributed by atoms with Crippen LogP contribution in [0, 0.1) is 13.8 Å². The minimum absolute atomic E-state index is 0.200. The minimum atomic E-state index is -0.994. The first-order valence-electron chi connectivity index (χ1n) is 6.36. The topological polar surface area (TPSA) is 69.6 Å². The van der Waals surface area contributed by atoms with Crippen LogP contribution in [0.4, 0.5) is 9.80 Å². The lowest BCUT2D eigenvalue weighted by molar-refractivity contribution is 0.0697. The standard InChI is InChI=1S/C13H18N2O3S/c1-4-15(9-5-6-9)13(18)14-11-10(12(16)17)7(2)8(3)19-11/h9H,4-6H2,1-3H3,(H,14,18)(H,16,17). The highest BCUT2D eigenvalue weighted by atomic mass is 32.1. The summed E-state index contributed by atoms with van der Waals surface area (Å²) in [7, 11) is 0. The molecule has 5 nitrogen and oxygen atoms in total. The Morgan fingerprint density at radius 2 is 2.05 bits per heavy atom. The van der Waals surface area contributed by atoms with Gasteiger partial charge in [0.2, 0.25) is 0 Å². The van der Waals surface area contributed by atoms with Crippen molar-refractivity contribution < 1.29 is 14.7 Å². The van der Waals surface area contributed by atoms with Gasteiger partial charge in [0, 0.05) is 17.5 Å². The van der Waals surface area contributed by atoms with Crippen LogP contribution in [0.15, 0.2) is 0 Å². The first-order chi connectivity index (χ1) is 8.95. The van der Waals surface area contributed by atoms with Crippen LogP contribution in [-0.4, -0.2) is 34.6 Å². The Hall–Kier alpha value is -1.56. The number of rotatable bonds is 4. The minimum Gasteiger partial charge on any atom is -0.478 e. The van der Waals surface area contributed by atoms with Crippen LogP contribution in [0.3, 0.4) is 0 Å². The Labute approximate surface area is 116 Å². The van der Waals surface area contributed by atoms with Crippen LogP contribution >= 0.6 is 11.3 Å². The van der Waals surface area contributed by atoms with Gasteiger partial charge in [0.1, 0.15) is 5.00 Å². The molecule has 1 saturated carbocycles. The number of urea groups is 1. The number of amides is 2. The van der Waals surface area contributed by atoms with Crippen molar-refractivity contribution in [3.63, 3.8) is 0 Å². The summed E-state index contributed by atoms with van der Waals surface area (Å²) in [5.74, 6) is -0.994. The largest absolute Gasteiger partial charge is 0.478 e. The zero-order chi connectivity index (χ0) is 14.2. The van der Waals surface area contributed by atoms with Gasteiger partial charge in [-0.3, -0.25) is 5.32 Å². The Kier molecular flexibility index (Phi) is 3.80. The number of thiophene rings is 1. The van der Waals surface area contributed by atoms with Crippen LogP contribution < -0.4 is 5.32 Å². The first kappa shape index (κ1) is 13.9. The second-order valence-corrected chi connectivity index (χ2v) is 5.96. The van der Waals surface area contributed by atoms with Crippen LogP contribution in [0.1, 0.15) is 40.6 Å². The molecule has 1 aromatic rings. The average Bonchev–Trinajstić information content (AvgIpc) is 3.09. The monoisotopic (exact) mass is 282 g/mol. The number of aromatic carboxylic acids is 1. The zero-order valence-corrected chi connectivity index (χ0v) is 12.1. The van der Waals surface area contributed by atoms with Crippen molar-refractivity contribution in [2.45, 2.75) is 39.7 Å². The molecule has 1 heterocycles. The number of nitrogens with zero attached hydrogens (tertiary/aromatic N) is 1. The highest BCUT2D eigenvalue weighted by molar-refractivity contribution is 7.16. The summed E-state index contributed by atoms with van der Waals surface area (Å²) in [5, 5.41) is 12.4. The molecule has 2 rings (SSSR count). The van der Waals surface area contributed by atoms with Gasteiger partial charge in [0.15, 0.2) is 0 Å². The molecule has 0 aliphatic heterocycles. The summed E-state index contributed by atoms with van der Waals surface area (Å²) in [6.45, 7) is 6.20. The average molecular weight is 282 g/mol. The van der Waals surface area contributed by atoms with Gasteiger partial charge < -0.3 is 10.0 Å². The van der Waals surface area contributed by atoms with E-state index in [4.69, 9.17) is 0 Å². The van der Waals surface area contributed by atoms with Gasteiger partial charge in [0.25, 0.3) is 0 Å². The Morgan fingerprint density at radius 1 is 1.42 bits per heavy atom. The van der Waals surface area contributed by atoms with E-state index in [2.05, 4.69) is 5.32 Å². The Bertz CT molecular complexity index is 520. The third kappa shape index (κ3) is 2.73. The molecule has 0 saturated heterocycles. The number of carbonyl (C=O) groups excluding carboxylic acids is 1. The number of anilines is 1. The summed E-state index contributed by atoms with van der Waals surface area (Å²) in [6.07, 6.45) is 2.07. The maximum Gasteiger partial charge on any atom is 0.338 e. The Balaban J connectivity index is 2.20. The molecule has 0 radical (unpaired) electrons. The van der Waals surface area contributed by atoms with Crippen molar-refractivity contribution in [1.82, 2.24) is 4.90 Å². The van der Waals surface area contributed by atoms with E-state index < -0.39 is 5.97 Å². The van der Waals surface area contributed by atoms with E-state index in [9.17, 15) is 14.7 Å². The van der Waals surface area contributed by atoms with Crippen molar-refractivity contribution in [2.24, 2.45) is 0 Å². The molecule has 19 heavy (non-hydrogen) atoms. The molecule has 6 heteroatoms. The molecule has 2 amide bonds. The lowest BCUT2D eigenvalue weighted by Crippen LogP contribution is -2.36. The van der Waals surface area contributed by atoms with Crippen molar-refractivity contribution in [3.8, 4) is 0 Å². The lowest BCUT2D eigenvalue weighted by atomic mass is 10.1. The smallest absolute Gasteiger partial charge is 0.338 e. The van der Waals surface area contributed by atoms with Gasteiger partial charge in [-0.2, -0.15) is 0 Å². The SMILES string of the molecule is CCN(C(=O)Nc1sc(C)c(C)c1C(=O)O)C1CC1. The third-order valence-electron chi connectivity index (χ3n) is 3.41. The molecule has 1 aliphatic carbocycles. The fourth-order valence-corrected chi connectivity index (χ4v) is 3.14. The predicted molar refractivity (Wildman–Crippen MR) is 75.2 cm³/mol. The maximum absolute atomic E-state index is 12.1. The highest BCUT2D eigenvalue weighted by Gasteiger charge is 2.32. The van der Waals surface area contributed by atoms with E-state index in [-0.39, 0.29) is 11.6 Å². The number of carbonyl (C=O) groups is 2. The second-order valence-electron chi connectivity index (χ2n) is 4.74. The van der Waals surface area contributed by atoms with Gasteiger partial charge in [-0.1, -0.05) is 0 Å². The summed E-state index contributed by atoms with van der Waals surface area (Å²) >= 11 is 1.32. The van der Waals surface area contributed by atoms with Crippen LogP contribution in [-0.2, 0) is 0 Å². The van der Waals surface area contributed by atoms with E-state index in [0.29, 0.717) is 17.6 Å². The number of aryl methyl sites for hydroxylation is 1. The molecule has 0 aromatic carbocycles. The summed E-state index contributed by atoms with van der Waals surface area (Å²) < 4.78 is 0. The lowest BCUT2D eigenvalue weighted by Gasteiger charge is -2.20. The number of nitrogens with one attached hydrogen (secondary N) is 1. The van der Waals surface area contributed by atoms with Crippen molar-refractivity contribution in [3.05, 3.63) is 16.0 Å². The van der Waals surface area contributed by atoms with Crippen LogP contribution in [0.25, 0.3) is 0 Å². The van der Waals surface area contributed by atoms with E-state index in [1.807, 2.05) is 13.8 Å². The van der Waals surface area contributed by atoms with E-state index in [1.54, 1.807) is 11.8 Å². The molecular weight excluding hydrogens is 264 g/mol. The van der Waals surface area contributed by atoms with Gasteiger partial charge in [-0.15, -0.1) is 11.3 Å². The maximum atomic E-state index is 12.1. The molecule has 2 N–H and O–H groups in total. The van der Waals surface area contributed by atoms with E-state index >= 15 is 0 Å². The second kappa shape index (κ2) is 5.21. The van der Waals surface area contributed by atoms with E-state index in [0.717, 1.165) is 23.3 Å². The summed E-state index contributed by atoms with van der Waals surface area (Å²) in [6, 6.07) is 0.120. The molecule has 0 bridgehead atoms. The molecule has 1 aliphatic rings. The molecular formula is C13H18N2O3S. The zero-order valence-electron chi connectivity index (χ0n) is 11.3. The number of carboxylic acids is 1. The number of carboxylic acid groups (broad SMARTS) is 1. The predicted octanol–water partition coefficient (Wildman–Crippen LogP) is 3.08. The molecule has 1 aromatic heterocycles. The number of hydrogen-bond donors (Lipinski definition) is 2. The van der Waals surface area contributed by atoms with Gasteiger partial charge in [-0.25, -0.2) is 9.59 Å². The number of hydrogen-bond acceptors (Lipinski definition) is 3. The van der Waals surface area contributed by atoms with Crippen molar-refractivity contribution in [1.29, 1.82) is 0 Å². The van der Waals surface area contributed by atoms with Gasteiger partial charge in [-0.05, 0) is 39.2 Å². The normalized spacial score (nSPS) is 14.3. The van der Waals surface area contributed by atoms with Crippen molar-refractivity contribution in [2.75, 3.05) is 11.9 Å². The fourth-order valence-electron chi connectivity index (χ4n) is 2.10. The molecule has 0 spiro atoms. The Morgan fingerprint density at radius 3 is 2.53 bits per heavy atom. The first-order valence-corrected chi connectivity index (χ1v) is 7.18. The molecule has 104 valence electrons. The van der Waals surface area contributed by atoms with Crippen LogP contribution in [0.5, 0.6) is 0 Å². The molecule has 0 atom stereocenters. The third-order valence-corrected chi connectivity index (χ3v) is 4.53. The van der Waals surface area contributed by atoms with Crippen molar-refractivity contribution >= 4 is 28.3 Å². The molecule has 1 fully saturated rings. The summed E-state index contributed by atoms with van der Waals surface area (Å²) in [5.41, 5.74) is 0.935. The van der Waals surface area contributed by atoms with Crippen LogP contribution in [0.2, 0.25) is 0 Å². The van der Waals surface area contributed by atoms with Gasteiger partial charge >= 0.3 is 12.0 Å². The molecule has 0 unspecified atom stereocenters. The summed E-state index contributed by atoms with van der Waals surface area (Å²) in [4.78, 5) is 26.1.